The van der Waals surface area contributed by atoms with Gasteiger partial charge in [-0.25, -0.2) is 4.98 Å². The van der Waals surface area contributed by atoms with Crippen molar-refractivity contribution in [3.63, 3.8) is 0 Å². The Bertz CT molecular complexity index is 655. The maximum Gasteiger partial charge on any atom is 0.223 e. The summed E-state index contributed by atoms with van der Waals surface area (Å²) in [6.45, 7) is 7.04. The fourth-order valence-corrected chi connectivity index (χ4v) is 4.63. The van der Waals surface area contributed by atoms with Gasteiger partial charge in [0, 0.05) is 70.2 Å². The number of halogens is 1. The maximum atomic E-state index is 12.2. The fraction of sp³-hybridized carbons (Fsp3) is 0.789. The van der Waals surface area contributed by atoms with E-state index in [0.29, 0.717) is 13.1 Å². The van der Waals surface area contributed by atoms with Crippen molar-refractivity contribution in [1.29, 1.82) is 0 Å². The third-order valence-corrected chi connectivity index (χ3v) is 6.33. The van der Waals surface area contributed by atoms with Crippen LogP contribution in [-0.2, 0) is 11.2 Å². The van der Waals surface area contributed by atoms with Crippen molar-refractivity contribution in [3.8, 4) is 0 Å². The number of nitrogens with one attached hydrogen (secondary N) is 2. The summed E-state index contributed by atoms with van der Waals surface area (Å²) >= 11 is 1.49. The molecule has 1 aliphatic carbocycles. The lowest BCUT2D eigenvalue weighted by molar-refractivity contribution is -0.125. The summed E-state index contributed by atoms with van der Waals surface area (Å²) in [5.41, 5.74) is 0. The Morgan fingerprint density at radius 1 is 1.14 bits per heavy atom. The van der Waals surface area contributed by atoms with Gasteiger partial charge in [0.2, 0.25) is 11.0 Å². The van der Waals surface area contributed by atoms with E-state index < -0.39 is 0 Å². The van der Waals surface area contributed by atoms with E-state index in [1.54, 1.807) is 0 Å². The van der Waals surface area contributed by atoms with Crippen LogP contribution in [-0.4, -0.2) is 72.4 Å². The molecule has 1 amide bonds. The van der Waals surface area contributed by atoms with Crippen LogP contribution in [0.15, 0.2) is 4.99 Å². The minimum atomic E-state index is 0. The molecule has 29 heavy (non-hydrogen) atoms. The van der Waals surface area contributed by atoms with Crippen molar-refractivity contribution in [2.75, 3.05) is 51.2 Å². The van der Waals surface area contributed by atoms with Gasteiger partial charge in [-0.05, 0) is 12.8 Å². The number of aromatic nitrogens is 2. The summed E-state index contributed by atoms with van der Waals surface area (Å²) in [7, 11) is 1.81. The minimum Gasteiger partial charge on any atom is -0.354 e. The molecule has 8 nitrogen and oxygen atoms in total. The smallest absolute Gasteiger partial charge is 0.223 e. The van der Waals surface area contributed by atoms with E-state index in [1.807, 2.05) is 7.05 Å². The summed E-state index contributed by atoms with van der Waals surface area (Å²) < 4.78 is 4.38. The second kappa shape index (κ2) is 12.5. The number of hydrogen-bond acceptors (Lipinski definition) is 6. The Morgan fingerprint density at radius 2 is 1.83 bits per heavy atom. The molecule has 0 bridgehead atoms. The lowest BCUT2D eigenvalue weighted by atomic mass is 9.89. The summed E-state index contributed by atoms with van der Waals surface area (Å²) in [5, 5.41) is 7.48. The standard InChI is InChI=1S/C19H33N7OS.HI/c1-3-16-23-19(28-24-16)26-13-11-25(12-14-26)18(20-2)22-10-9-21-17(27)15-7-5-4-6-8-15;/h15H,3-14H2,1-2H3,(H,20,22)(H,21,27);1H. The molecule has 1 saturated carbocycles. The lowest BCUT2D eigenvalue weighted by Gasteiger charge is -2.36. The van der Waals surface area contributed by atoms with Crippen LogP contribution in [0.2, 0.25) is 0 Å². The van der Waals surface area contributed by atoms with Crippen LogP contribution < -0.4 is 15.5 Å². The van der Waals surface area contributed by atoms with Gasteiger partial charge in [-0.1, -0.05) is 26.2 Å². The van der Waals surface area contributed by atoms with Crippen molar-refractivity contribution in [2.45, 2.75) is 45.4 Å². The zero-order chi connectivity index (χ0) is 19.8. The topological polar surface area (TPSA) is 85.8 Å². The minimum absolute atomic E-state index is 0. The molecule has 2 heterocycles. The van der Waals surface area contributed by atoms with Gasteiger partial charge >= 0.3 is 0 Å². The molecule has 0 radical (unpaired) electrons. The molecule has 2 aliphatic rings. The molecule has 3 rings (SSSR count). The number of guanidine groups is 1. The van der Waals surface area contributed by atoms with Crippen molar-refractivity contribution in [3.05, 3.63) is 5.82 Å². The quantitative estimate of drug-likeness (QED) is 0.251. The summed E-state index contributed by atoms with van der Waals surface area (Å²) in [5.74, 6) is 2.26. The third-order valence-electron chi connectivity index (χ3n) is 5.52. The van der Waals surface area contributed by atoms with Gasteiger partial charge in [0.15, 0.2) is 5.96 Å². The van der Waals surface area contributed by atoms with Crippen LogP contribution in [0.1, 0.15) is 44.9 Å². The summed E-state index contributed by atoms with van der Waals surface area (Å²) in [6, 6.07) is 0. The van der Waals surface area contributed by atoms with E-state index in [1.165, 1.54) is 30.8 Å². The molecule has 1 aromatic heterocycles. The molecular formula is C19H34IN7OS. The highest BCUT2D eigenvalue weighted by Crippen LogP contribution is 2.23. The molecule has 1 aromatic rings. The first-order valence-electron chi connectivity index (χ1n) is 10.5. The van der Waals surface area contributed by atoms with Crippen LogP contribution in [0.5, 0.6) is 0 Å². The maximum absolute atomic E-state index is 12.2. The number of carbonyl (C=O) groups excluding carboxylic acids is 1. The summed E-state index contributed by atoms with van der Waals surface area (Å²) in [4.78, 5) is 25.8. The molecule has 10 heteroatoms. The van der Waals surface area contributed by atoms with Crippen molar-refractivity contribution in [1.82, 2.24) is 24.9 Å². The van der Waals surface area contributed by atoms with E-state index >= 15 is 0 Å². The van der Waals surface area contributed by atoms with Gasteiger partial charge < -0.3 is 20.4 Å². The zero-order valence-corrected chi connectivity index (χ0v) is 20.7. The number of carbonyl (C=O) groups is 1. The molecule has 1 aliphatic heterocycles. The molecule has 164 valence electrons. The molecule has 2 fully saturated rings. The number of anilines is 1. The molecule has 0 aromatic carbocycles. The van der Waals surface area contributed by atoms with Gasteiger partial charge in [0.1, 0.15) is 5.82 Å². The Balaban J connectivity index is 0.00000300. The van der Waals surface area contributed by atoms with Crippen molar-refractivity contribution < 1.29 is 4.79 Å². The molecule has 0 spiro atoms. The first-order chi connectivity index (χ1) is 13.7. The number of nitrogens with zero attached hydrogens (tertiary/aromatic N) is 5. The van der Waals surface area contributed by atoms with E-state index in [9.17, 15) is 4.79 Å². The van der Waals surface area contributed by atoms with E-state index in [-0.39, 0.29) is 35.8 Å². The average Bonchev–Trinajstić information content (AvgIpc) is 3.24. The molecule has 1 saturated heterocycles. The number of amides is 1. The average molecular weight is 536 g/mol. The van der Waals surface area contributed by atoms with E-state index in [0.717, 1.165) is 62.4 Å². The van der Waals surface area contributed by atoms with Crippen LogP contribution in [0.4, 0.5) is 5.13 Å². The second-order valence-corrected chi connectivity index (χ2v) is 8.15. The Hall–Kier alpha value is -1.17. The van der Waals surface area contributed by atoms with Gasteiger partial charge in [-0.3, -0.25) is 9.79 Å². The predicted molar refractivity (Wildman–Crippen MR) is 129 cm³/mol. The number of hydrogen-bond donors (Lipinski definition) is 2. The molecule has 2 N–H and O–H groups in total. The van der Waals surface area contributed by atoms with Crippen LogP contribution in [0.3, 0.4) is 0 Å². The van der Waals surface area contributed by atoms with E-state index in [2.05, 4.69) is 41.7 Å². The fourth-order valence-electron chi connectivity index (χ4n) is 3.83. The SMILES string of the molecule is CCc1nsc(N2CCN(C(=NC)NCCNC(=O)C3CCCCC3)CC2)n1.I. The zero-order valence-electron chi connectivity index (χ0n) is 17.5. The first-order valence-corrected chi connectivity index (χ1v) is 11.3. The highest BCUT2D eigenvalue weighted by molar-refractivity contribution is 14.0. The molecular weight excluding hydrogens is 501 g/mol. The van der Waals surface area contributed by atoms with Crippen molar-refractivity contribution in [2.24, 2.45) is 10.9 Å². The third kappa shape index (κ3) is 6.94. The largest absolute Gasteiger partial charge is 0.354 e. The number of rotatable bonds is 6. The van der Waals surface area contributed by atoms with Gasteiger partial charge in [0.05, 0.1) is 0 Å². The molecule has 0 unspecified atom stereocenters. The number of piperazine rings is 1. The first kappa shape index (κ1) is 24.1. The molecule has 0 atom stereocenters. The van der Waals surface area contributed by atoms with Gasteiger partial charge in [-0.2, -0.15) is 4.37 Å². The highest BCUT2D eigenvalue weighted by atomic mass is 127. The van der Waals surface area contributed by atoms with Gasteiger partial charge in [0.25, 0.3) is 0 Å². The predicted octanol–water partition coefficient (Wildman–Crippen LogP) is 2.11. The summed E-state index contributed by atoms with van der Waals surface area (Å²) in [6.07, 6.45) is 6.61. The van der Waals surface area contributed by atoms with Crippen LogP contribution in [0.25, 0.3) is 0 Å². The lowest BCUT2D eigenvalue weighted by Crippen LogP contribution is -2.53. The number of aryl methyl sites for hydroxylation is 1. The van der Waals surface area contributed by atoms with Crippen molar-refractivity contribution >= 4 is 52.5 Å². The van der Waals surface area contributed by atoms with Crippen LogP contribution >= 0.6 is 35.5 Å². The normalized spacial score (nSPS) is 18.3. The monoisotopic (exact) mass is 535 g/mol. The van der Waals surface area contributed by atoms with Crippen LogP contribution in [0, 0.1) is 5.92 Å². The second-order valence-electron chi connectivity index (χ2n) is 7.42. The number of aliphatic imine (C=N–C) groups is 1. The van der Waals surface area contributed by atoms with E-state index in [4.69, 9.17) is 0 Å². The van der Waals surface area contributed by atoms with Gasteiger partial charge in [-0.15, -0.1) is 24.0 Å². The Morgan fingerprint density at radius 3 is 2.45 bits per heavy atom. The Labute approximate surface area is 195 Å². The highest BCUT2D eigenvalue weighted by Gasteiger charge is 2.23. The Kier molecular flexibility index (Phi) is 10.4.